The molecule has 0 spiro atoms. The maximum atomic E-state index is 13.2. The lowest BCUT2D eigenvalue weighted by molar-refractivity contribution is -0.131. The number of carbonyl (C=O) groups excluding carboxylic acids is 2. The first-order chi connectivity index (χ1) is 14.0. The van der Waals surface area contributed by atoms with Crippen molar-refractivity contribution in [3.8, 4) is 0 Å². The smallest absolute Gasteiger partial charge is 0.270 e. The van der Waals surface area contributed by atoms with Gasteiger partial charge in [-0.1, -0.05) is 18.2 Å². The molecule has 1 aromatic heterocycles. The molecular formula is C21H24FN3O4. The number of amides is 2. The van der Waals surface area contributed by atoms with Gasteiger partial charge < -0.3 is 20.5 Å². The van der Waals surface area contributed by atoms with Crippen molar-refractivity contribution < 1.29 is 23.8 Å². The Labute approximate surface area is 168 Å². The molecule has 3 N–H and O–H groups in total. The van der Waals surface area contributed by atoms with Crippen molar-refractivity contribution in [3.05, 3.63) is 65.7 Å². The number of aliphatic hydroxyl groups is 1. The number of ether oxygens (including phenoxy) is 1. The summed E-state index contributed by atoms with van der Waals surface area (Å²) >= 11 is 0. The molecule has 29 heavy (non-hydrogen) atoms. The number of hydrogen-bond acceptors (Lipinski definition) is 5. The average molecular weight is 401 g/mol. The summed E-state index contributed by atoms with van der Waals surface area (Å²) in [6.07, 6.45) is 1.85. The van der Waals surface area contributed by atoms with E-state index in [1.165, 1.54) is 18.3 Å². The van der Waals surface area contributed by atoms with Gasteiger partial charge in [0.15, 0.2) is 0 Å². The molecular weight excluding hydrogens is 377 g/mol. The number of aromatic nitrogens is 1. The molecule has 2 heterocycles. The van der Waals surface area contributed by atoms with Crippen LogP contribution >= 0.6 is 0 Å². The first-order valence-corrected chi connectivity index (χ1v) is 9.54. The van der Waals surface area contributed by atoms with Crippen LogP contribution in [-0.4, -0.2) is 46.8 Å². The van der Waals surface area contributed by atoms with Crippen LogP contribution in [-0.2, 0) is 16.1 Å². The van der Waals surface area contributed by atoms with E-state index in [1.807, 2.05) is 0 Å². The van der Waals surface area contributed by atoms with Gasteiger partial charge in [-0.05, 0) is 42.7 Å². The quantitative estimate of drug-likeness (QED) is 0.654. The topological polar surface area (TPSA) is 101 Å². The Kier molecular flexibility index (Phi) is 7.26. The van der Waals surface area contributed by atoms with Gasteiger partial charge in [0.2, 0.25) is 5.91 Å². The number of rotatable bonds is 7. The van der Waals surface area contributed by atoms with Gasteiger partial charge in [-0.25, -0.2) is 4.39 Å². The van der Waals surface area contributed by atoms with Gasteiger partial charge in [-0.2, -0.15) is 0 Å². The molecule has 1 aliphatic heterocycles. The van der Waals surface area contributed by atoms with Gasteiger partial charge in [0.25, 0.3) is 5.91 Å². The zero-order valence-electron chi connectivity index (χ0n) is 15.9. The molecule has 3 atom stereocenters. The predicted octanol–water partition coefficient (Wildman–Crippen LogP) is 1.57. The number of pyridine rings is 1. The largest absolute Gasteiger partial charge is 0.394 e. The van der Waals surface area contributed by atoms with Crippen molar-refractivity contribution in [2.24, 2.45) is 0 Å². The zero-order valence-corrected chi connectivity index (χ0v) is 15.9. The lowest BCUT2D eigenvalue weighted by atomic mass is 9.96. The van der Waals surface area contributed by atoms with Gasteiger partial charge in [-0.15, -0.1) is 0 Å². The SMILES string of the molecule is O=C(C[C@@H]1CC[C@@H](NC(=O)c2ccccn2)[C@@H](CO)O1)NCc1cccc(F)c1. The van der Waals surface area contributed by atoms with Gasteiger partial charge in [0, 0.05) is 12.7 Å². The van der Waals surface area contributed by atoms with Crippen LogP contribution in [0.4, 0.5) is 4.39 Å². The van der Waals surface area contributed by atoms with E-state index in [1.54, 1.807) is 30.3 Å². The van der Waals surface area contributed by atoms with Gasteiger partial charge in [-0.3, -0.25) is 14.6 Å². The van der Waals surface area contributed by atoms with Crippen LogP contribution < -0.4 is 10.6 Å². The Balaban J connectivity index is 1.47. The summed E-state index contributed by atoms with van der Waals surface area (Å²) in [6, 6.07) is 10.7. The summed E-state index contributed by atoms with van der Waals surface area (Å²) in [4.78, 5) is 28.5. The number of aliphatic hydroxyl groups excluding tert-OH is 1. The summed E-state index contributed by atoms with van der Waals surface area (Å²) in [5.41, 5.74) is 0.969. The Hall–Kier alpha value is -2.84. The van der Waals surface area contributed by atoms with Crippen LogP contribution in [0.1, 0.15) is 35.3 Å². The van der Waals surface area contributed by atoms with Crippen molar-refractivity contribution in [1.82, 2.24) is 15.6 Å². The van der Waals surface area contributed by atoms with E-state index in [9.17, 15) is 19.1 Å². The lowest BCUT2D eigenvalue weighted by Gasteiger charge is -2.35. The summed E-state index contributed by atoms with van der Waals surface area (Å²) in [5, 5.41) is 15.2. The minimum Gasteiger partial charge on any atom is -0.394 e. The van der Waals surface area contributed by atoms with Gasteiger partial charge in [0.1, 0.15) is 17.6 Å². The van der Waals surface area contributed by atoms with E-state index >= 15 is 0 Å². The van der Waals surface area contributed by atoms with E-state index in [0.29, 0.717) is 24.1 Å². The number of benzene rings is 1. The van der Waals surface area contributed by atoms with Crippen molar-refractivity contribution in [2.75, 3.05) is 6.61 Å². The van der Waals surface area contributed by atoms with Crippen LogP contribution in [0.2, 0.25) is 0 Å². The highest BCUT2D eigenvalue weighted by Gasteiger charge is 2.33. The fraction of sp³-hybridized carbons (Fsp3) is 0.381. The van der Waals surface area contributed by atoms with Crippen molar-refractivity contribution in [1.29, 1.82) is 0 Å². The normalized spacial score (nSPS) is 21.4. The van der Waals surface area contributed by atoms with Gasteiger partial charge in [0.05, 0.1) is 25.2 Å². The molecule has 3 rings (SSSR count). The third kappa shape index (κ3) is 6.07. The Morgan fingerprint density at radius 3 is 2.79 bits per heavy atom. The lowest BCUT2D eigenvalue weighted by Crippen LogP contribution is -2.51. The maximum Gasteiger partial charge on any atom is 0.270 e. The summed E-state index contributed by atoms with van der Waals surface area (Å²) in [7, 11) is 0. The number of carbonyl (C=O) groups is 2. The van der Waals surface area contributed by atoms with Crippen LogP contribution in [0.15, 0.2) is 48.7 Å². The summed E-state index contributed by atoms with van der Waals surface area (Å²) in [6.45, 7) is -0.0376. The van der Waals surface area contributed by atoms with E-state index < -0.39 is 6.10 Å². The first-order valence-electron chi connectivity index (χ1n) is 9.54. The van der Waals surface area contributed by atoms with Gasteiger partial charge >= 0.3 is 0 Å². The summed E-state index contributed by atoms with van der Waals surface area (Å²) in [5.74, 6) is -0.896. The monoisotopic (exact) mass is 401 g/mol. The fourth-order valence-electron chi connectivity index (χ4n) is 3.31. The molecule has 8 heteroatoms. The van der Waals surface area contributed by atoms with Crippen LogP contribution in [0.3, 0.4) is 0 Å². The third-order valence-corrected chi connectivity index (χ3v) is 4.80. The van der Waals surface area contributed by atoms with Crippen molar-refractivity contribution in [3.63, 3.8) is 0 Å². The second kappa shape index (κ2) is 10.1. The van der Waals surface area contributed by atoms with E-state index in [2.05, 4.69) is 15.6 Å². The number of hydrogen-bond donors (Lipinski definition) is 3. The van der Waals surface area contributed by atoms with Crippen LogP contribution in [0.25, 0.3) is 0 Å². The molecule has 7 nitrogen and oxygen atoms in total. The highest BCUT2D eigenvalue weighted by Crippen LogP contribution is 2.22. The molecule has 1 fully saturated rings. The van der Waals surface area contributed by atoms with Crippen LogP contribution in [0, 0.1) is 5.82 Å². The molecule has 2 amide bonds. The molecule has 1 saturated heterocycles. The Morgan fingerprint density at radius 2 is 2.07 bits per heavy atom. The second-order valence-corrected chi connectivity index (χ2v) is 6.96. The Bertz CT molecular complexity index is 834. The van der Waals surface area contributed by atoms with Crippen molar-refractivity contribution >= 4 is 11.8 Å². The Morgan fingerprint density at radius 1 is 1.21 bits per heavy atom. The number of halogens is 1. The number of nitrogens with one attached hydrogen (secondary N) is 2. The highest BCUT2D eigenvalue weighted by molar-refractivity contribution is 5.92. The maximum absolute atomic E-state index is 13.2. The third-order valence-electron chi connectivity index (χ3n) is 4.80. The molecule has 0 unspecified atom stereocenters. The predicted molar refractivity (Wildman–Crippen MR) is 103 cm³/mol. The molecule has 0 saturated carbocycles. The summed E-state index contributed by atoms with van der Waals surface area (Å²) < 4.78 is 19.0. The number of nitrogens with zero attached hydrogens (tertiary/aromatic N) is 1. The minimum absolute atomic E-state index is 0.132. The molecule has 0 bridgehead atoms. The molecule has 1 aliphatic rings. The molecule has 1 aromatic carbocycles. The zero-order chi connectivity index (χ0) is 20.6. The fourth-order valence-corrected chi connectivity index (χ4v) is 3.31. The molecule has 154 valence electrons. The molecule has 0 radical (unpaired) electrons. The molecule has 2 aromatic rings. The van der Waals surface area contributed by atoms with Crippen molar-refractivity contribution in [2.45, 2.75) is 44.1 Å². The second-order valence-electron chi connectivity index (χ2n) is 6.96. The minimum atomic E-state index is -0.600. The first kappa shape index (κ1) is 20.9. The molecule has 0 aliphatic carbocycles. The van der Waals surface area contributed by atoms with E-state index in [0.717, 1.165) is 0 Å². The van der Waals surface area contributed by atoms with E-state index in [-0.39, 0.29) is 49.3 Å². The average Bonchev–Trinajstić information content (AvgIpc) is 2.74. The van der Waals surface area contributed by atoms with Crippen LogP contribution in [0.5, 0.6) is 0 Å². The highest BCUT2D eigenvalue weighted by atomic mass is 19.1. The standard InChI is InChI=1S/C21H24FN3O4/c22-15-5-3-4-14(10-15)12-24-20(27)11-16-7-8-17(19(13-26)29-16)25-21(28)18-6-1-2-9-23-18/h1-6,9-10,16-17,19,26H,7-8,11-13H2,(H,24,27)(H,25,28)/t16-,17+,19+/m0/s1. The van der Waals surface area contributed by atoms with E-state index in [4.69, 9.17) is 4.74 Å².